The molecule has 0 saturated carbocycles. The summed E-state index contributed by atoms with van der Waals surface area (Å²) in [5.74, 6) is 0.139. The van der Waals surface area contributed by atoms with Crippen LogP contribution in [0.2, 0.25) is 0 Å². The lowest BCUT2D eigenvalue weighted by molar-refractivity contribution is -0.136. The van der Waals surface area contributed by atoms with E-state index in [9.17, 15) is 4.79 Å². The van der Waals surface area contributed by atoms with Crippen molar-refractivity contribution >= 4 is 5.97 Å². The molecule has 0 unspecified atom stereocenters. The number of carbonyl (C=O) groups is 1. The standard InChI is InChI=1S/C11H12N4O3/c1-18-9-4-2-8(3-5-9)7-15-10(6-11(16)17)12-13-14-15/h2-5H,6-7H2,1H3,(H,16,17). The number of nitrogens with zero attached hydrogens (tertiary/aromatic N) is 4. The average molecular weight is 248 g/mol. The van der Waals surface area contributed by atoms with Crippen molar-refractivity contribution in [2.75, 3.05) is 7.11 Å². The summed E-state index contributed by atoms with van der Waals surface area (Å²) in [5.41, 5.74) is 0.967. The van der Waals surface area contributed by atoms with Gasteiger partial charge in [-0.05, 0) is 28.1 Å². The summed E-state index contributed by atoms with van der Waals surface area (Å²) in [6.45, 7) is 0.430. The van der Waals surface area contributed by atoms with Crippen molar-refractivity contribution in [3.8, 4) is 5.75 Å². The molecule has 1 heterocycles. The minimum absolute atomic E-state index is 0.191. The second-order valence-corrected chi connectivity index (χ2v) is 3.67. The van der Waals surface area contributed by atoms with Gasteiger partial charge >= 0.3 is 5.97 Å². The molecule has 2 rings (SSSR count). The van der Waals surface area contributed by atoms with Crippen molar-refractivity contribution < 1.29 is 14.6 Å². The fourth-order valence-corrected chi connectivity index (χ4v) is 1.51. The molecule has 7 nitrogen and oxygen atoms in total. The summed E-state index contributed by atoms with van der Waals surface area (Å²) in [6.07, 6.45) is -0.191. The van der Waals surface area contributed by atoms with Gasteiger partial charge in [-0.2, -0.15) is 0 Å². The first-order valence-corrected chi connectivity index (χ1v) is 5.29. The maximum atomic E-state index is 10.6. The van der Waals surface area contributed by atoms with E-state index in [-0.39, 0.29) is 6.42 Å². The fourth-order valence-electron chi connectivity index (χ4n) is 1.51. The number of carboxylic acids is 1. The second-order valence-electron chi connectivity index (χ2n) is 3.67. The van der Waals surface area contributed by atoms with Crippen LogP contribution >= 0.6 is 0 Å². The lowest BCUT2D eigenvalue weighted by Gasteiger charge is -2.04. The van der Waals surface area contributed by atoms with Crippen LogP contribution in [0.3, 0.4) is 0 Å². The molecule has 0 radical (unpaired) electrons. The summed E-state index contributed by atoms with van der Waals surface area (Å²) in [5, 5.41) is 19.6. The minimum atomic E-state index is -0.958. The Labute approximate surface area is 103 Å². The first kappa shape index (κ1) is 12.0. The molecule has 0 spiro atoms. The predicted octanol–water partition coefficient (Wildman–Crippen LogP) is 0.357. The van der Waals surface area contributed by atoms with Gasteiger partial charge in [-0.15, -0.1) is 5.10 Å². The number of methoxy groups -OCH3 is 1. The van der Waals surface area contributed by atoms with E-state index in [2.05, 4.69) is 15.5 Å². The number of aliphatic carboxylic acids is 1. The quantitative estimate of drug-likeness (QED) is 0.821. The lowest BCUT2D eigenvalue weighted by Crippen LogP contribution is -2.11. The highest BCUT2D eigenvalue weighted by Crippen LogP contribution is 2.12. The van der Waals surface area contributed by atoms with Gasteiger partial charge in [0.25, 0.3) is 0 Å². The Morgan fingerprint density at radius 2 is 2.11 bits per heavy atom. The largest absolute Gasteiger partial charge is 0.497 e. The van der Waals surface area contributed by atoms with E-state index >= 15 is 0 Å². The maximum Gasteiger partial charge on any atom is 0.311 e. The molecule has 18 heavy (non-hydrogen) atoms. The van der Waals surface area contributed by atoms with Gasteiger partial charge < -0.3 is 9.84 Å². The van der Waals surface area contributed by atoms with Crippen molar-refractivity contribution in [2.24, 2.45) is 0 Å². The number of tetrazole rings is 1. The highest BCUT2D eigenvalue weighted by molar-refractivity contribution is 5.68. The van der Waals surface area contributed by atoms with Crippen LogP contribution in [0.4, 0.5) is 0 Å². The van der Waals surface area contributed by atoms with Gasteiger partial charge in [0, 0.05) is 0 Å². The molecule has 0 atom stereocenters. The van der Waals surface area contributed by atoms with Crippen LogP contribution in [0.15, 0.2) is 24.3 Å². The Morgan fingerprint density at radius 1 is 1.39 bits per heavy atom. The minimum Gasteiger partial charge on any atom is -0.497 e. The summed E-state index contributed by atoms with van der Waals surface area (Å²) in [7, 11) is 1.60. The monoisotopic (exact) mass is 248 g/mol. The molecule has 0 aliphatic heterocycles. The Balaban J connectivity index is 2.12. The lowest BCUT2D eigenvalue weighted by atomic mass is 10.2. The number of hydrogen-bond donors (Lipinski definition) is 1. The molecule has 7 heteroatoms. The van der Waals surface area contributed by atoms with E-state index in [1.54, 1.807) is 7.11 Å². The topological polar surface area (TPSA) is 90.1 Å². The fraction of sp³-hybridized carbons (Fsp3) is 0.273. The molecule has 0 aliphatic carbocycles. The summed E-state index contributed by atoms with van der Waals surface area (Å²) < 4.78 is 6.52. The van der Waals surface area contributed by atoms with Crippen LogP contribution in [0.1, 0.15) is 11.4 Å². The Morgan fingerprint density at radius 3 is 2.72 bits per heavy atom. The van der Waals surface area contributed by atoms with Crippen LogP contribution in [-0.4, -0.2) is 38.4 Å². The van der Waals surface area contributed by atoms with Crippen molar-refractivity contribution in [1.82, 2.24) is 20.2 Å². The van der Waals surface area contributed by atoms with Gasteiger partial charge in [-0.25, -0.2) is 4.68 Å². The summed E-state index contributed by atoms with van der Waals surface area (Å²) in [6, 6.07) is 7.42. The van der Waals surface area contributed by atoms with Crippen molar-refractivity contribution in [3.63, 3.8) is 0 Å². The van der Waals surface area contributed by atoms with E-state index in [4.69, 9.17) is 9.84 Å². The Bertz CT molecular complexity index is 535. The molecule has 94 valence electrons. The number of rotatable bonds is 5. The van der Waals surface area contributed by atoms with Crippen LogP contribution in [-0.2, 0) is 17.8 Å². The molecule has 1 aromatic carbocycles. The van der Waals surface area contributed by atoms with E-state index in [0.29, 0.717) is 12.4 Å². The Hall–Kier alpha value is -2.44. The third-order valence-electron chi connectivity index (χ3n) is 2.41. The molecule has 0 fully saturated rings. The third kappa shape index (κ3) is 2.82. The van der Waals surface area contributed by atoms with Gasteiger partial charge in [-0.1, -0.05) is 12.1 Å². The van der Waals surface area contributed by atoms with Crippen LogP contribution in [0.5, 0.6) is 5.75 Å². The van der Waals surface area contributed by atoms with Gasteiger partial charge in [0.1, 0.15) is 12.2 Å². The molecule has 0 bridgehead atoms. The van der Waals surface area contributed by atoms with E-state index < -0.39 is 5.97 Å². The van der Waals surface area contributed by atoms with Gasteiger partial charge in [-0.3, -0.25) is 4.79 Å². The number of carboxylic acid groups (broad SMARTS) is 1. The van der Waals surface area contributed by atoms with E-state index in [0.717, 1.165) is 11.3 Å². The second kappa shape index (κ2) is 5.26. The van der Waals surface area contributed by atoms with Crippen LogP contribution in [0.25, 0.3) is 0 Å². The van der Waals surface area contributed by atoms with Crippen LogP contribution in [0, 0.1) is 0 Å². The normalized spacial score (nSPS) is 10.3. The first-order chi connectivity index (χ1) is 8.69. The molecule has 2 aromatic rings. The molecular formula is C11H12N4O3. The number of hydrogen-bond acceptors (Lipinski definition) is 5. The zero-order valence-electron chi connectivity index (χ0n) is 9.78. The molecule has 0 saturated heterocycles. The highest BCUT2D eigenvalue weighted by atomic mass is 16.5. The van der Waals surface area contributed by atoms with Crippen molar-refractivity contribution in [3.05, 3.63) is 35.7 Å². The van der Waals surface area contributed by atoms with Crippen LogP contribution < -0.4 is 4.74 Å². The van der Waals surface area contributed by atoms with E-state index in [1.807, 2.05) is 24.3 Å². The number of ether oxygens (including phenoxy) is 1. The molecule has 1 aromatic heterocycles. The molecular weight excluding hydrogens is 236 g/mol. The average Bonchev–Trinajstić information content (AvgIpc) is 2.77. The molecule has 0 aliphatic rings. The smallest absolute Gasteiger partial charge is 0.311 e. The predicted molar refractivity (Wildman–Crippen MR) is 61.3 cm³/mol. The maximum absolute atomic E-state index is 10.6. The zero-order valence-corrected chi connectivity index (χ0v) is 9.78. The highest BCUT2D eigenvalue weighted by Gasteiger charge is 2.10. The molecule has 1 N–H and O–H groups in total. The zero-order chi connectivity index (χ0) is 13.0. The summed E-state index contributed by atoms with van der Waals surface area (Å²) in [4.78, 5) is 10.6. The number of aromatic nitrogens is 4. The van der Waals surface area contributed by atoms with Crippen molar-refractivity contribution in [1.29, 1.82) is 0 Å². The molecule has 0 amide bonds. The van der Waals surface area contributed by atoms with Gasteiger partial charge in [0.15, 0.2) is 5.82 Å². The van der Waals surface area contributed by atoms with Crippen molar-refractivity contribution in [2.45, 2.75) is 13.0 Å². The van der Waals surface area contributed by atoms with Gasteiger partial charge in [0.05, 0.1) is 13.7 Å². The third-order valence-corrected chi connectivity index (χ3v) is 2.41. The number of benzene rings is 1. The summed E-state index contributed by atoms with van der Waals surface area (Å²) >= 11 is 0. The first-order valence-electron chi connectivity index (χ1n) is 5.29. The van der Waals surface area contributed by atoms with E-state index in [1.165, 1.54) is 4.68 Å². The Kier molecular flexibility index (Phi) is 3.52. The SMILES string of the molecule is COc1ccc(Cn2nnnc2CC(=O)O)cc1. The van der Waals surface area contributed by atoms with Gasteiger partial charge in [0.2, 0.25) is 0 Å².